The fraction of sp³-hybridized carbons (Fsp3) is 0.579. The van der Waals surface area contributed by atoms with E-state index in [0.717, 1.165) is 19.3 Å². The van der Waals surface area contributed by atoms with Crippen molar-refractivity contribution >= 4 is 5.91 Å². The molecule has 0 radical (unpaired) electrons. The molecule has 2 aromatic rings. The van der Waals surface area contributed by atoms with Crippen molar-refractivity contribution in [2.75, 3.05) is 13.1 Å². The van der Waals surface area contributed by atoms with Crippen molar-refractivity contribution in [3.8, 4) is 5.75 Å². The number of carbonyl (C=O) groups is 1. The Hall–Kier alpha value is -2.44. The summed E-state index contributed by atoms with van der Waals surface area (Å²) in [6.07, 6.45) is 4.79. The molecule has 26 heavy (non-hydrogen) atoms. The molecule has 2 fully saturated rings. The van der Waals surface area contributed by atoms with Gasteiger partial charge in [0.2, 0.25) is 11.8 Å². The molecule has 3 heterocycles. The van der Waals surface area contributed by atoms with E-state index >= 15 is 0 Å². The highest BCUT2D eigenvalue weighted by Crippen LogP contribution is 2.50. The molecule has 2 aromatic heterocycles. The number of hydrogen-bond donors (Lipinski definition) is 0. The average Bonchev–Trinajstić information content (AvgIpc) is 3.27. The van der Waals surface area contributed by atoms with Gasteiger partial charge >= 0.3 is 0 Å². The fourth-order valence-electron chi connectivity index (χ4n) is 4.34. The molecule has 2 aliphatic rings. The van der Waals surface area contributed by atoms with Crippen molar-refractivity contribution in [1.82, 2.24) is 20.1 Å². The molecular weight excluding hydrogens is 332 g/mol. The van der Waals surface area contributed by atoms with Gasteiger partial charge in [-0.05, 0) is 44.7 Å². The second-order valence-corrected chi connectivity index (χ2v) is 7.57. The highest BCUT2D eigenvalue weighted by Gasteiger charge is 2.55. The number of hydrogen-bond acceptors (Lipinski definition) is 6. The van der Waals surface area contributed by atoms with E-state index in [1.54, 1.807) is 25.3 Å². The van der Waals surface area contributed by atoms with Gasteiger partial charge in [0.05, 0.1) is 11.5 Å². The Morgan fingerprint density at radius 2 is 2.27 bits per heavy atom. The molecule has 1 saturated heterocycles. The Bertz CT molecular complexity index is 819. The Kier molecular flexibility index (Phi) is 4.17. The summed E-state index contributed by atoms with van der Waals surface area (Å²) in [7, 11) is 0. The van der Waals surface area contributed by atoms with Crippen LogP contribution in [0, 0.1) is 12.8 Å². The van der Waals surface area contributed by atoms with Crippen LogP contribution in [0.2, 0.25) is 0 Å². The number of nitrogens with zero attached hydrogens (tertiary/aromatic N) is 4. The first-order valence-electron chi connectivity index (χ1n) is 9.21. The Balaban J connectivity index is 1.62. The Morgan fingerprint density at radius 3 is 3.00 bits per heavy atom. The average molecular weight is 356 g/mol. The number of aryl methyl sites for hydroxylation is 1. The predicted molar refractivity (Wildman–Crippen MR) is 94.0 cm³/mol. The van der Waals surface area contributed by atoms with Crippen LogP contribution in [0.3, 0.4) is 0 Å². The summed E-state index contributed by atoms with van der Waals surface area (Å²) in [5.74, 6) is 2.04. The van der Waals surface area contributed by atoms with E-state index in [4.69, 9.17) is 9.15 Å². The second kappa shape index (κ2) is 6.37. The van der Waals surface area contributed by atoms with E-state index in [1.807, 2.05) is 18.7 Å². The number of aromatic nitrogens is 3. The van der Waals surface area contributed by atoms with Crippen LogP contribution < -0.4 is 4.74 Å². The maximum atomic E-state index is 13.2. The Morgan fingerprint density at radius 1 is 1.42 bits per heavy atom. The molecule has 7 heteroatoms. The summed E-state index contributed by atoms with van der Waals surface area (Å²) < 4.78 is 11.6. The van der Waals surface area contributed by atoms with E-state index in [2.05, 4.69) is 15.2 Å². The molecule has 0 unspecified atom stereocenters. The third-order valence-corrected chi connectivity index (χ3v) is 5.45. The highest BCUT2D eigenvalue weighted by atomic mass is 16.5. The van der Waals surface area contributed by atoms with Crippen LogP contribution in [0.1, 0.15) is 55.4 Å². The lowest BCUT2D eigenvalue weighted by Gasteiger charge is -2.24. The zero-order valence-electron chi connectivity index (χ0n) is 15.4. The van der Waals surface area contributed by atoms with Gasteiger partial charge in [-0.25, -0.2) is 4.98 Å². The summed E-state index contributed by atoms with van der Waals surface area (Å²) >= 11 is 0. The molecule has 7 nitrogen and oxygen atoms in total. The number of ether oxygens (including phenoxy) is 1. The summed E-state index contributed by atoms with van der Waals surface area (Å²) in [5, 5.41) is 8.30. The van der Waals surface area contributed by atoms with Crippen molar-refractivity contribution in [1.29, 1.82) is 0 Å². The first-order valence-corrected chi connectivity index (χ1v) is 9.21. The van der Waals surface area contributed by atoms with Crippen LogP contribution in [0.25, 0.3) is 0 Å². The first kappa shape index (κ1) is 17.0. The van der Waals surface area contributed by atoms with Gasteiger partial charge in [-0.1, -0.05) is 6.42 Å². The third-order valence-electron chi connectivity index (χ3n) is 5.45. The molecule has 1 saturated carbocycles. The van der Waals surface area contributed by atoms with E-state index in [9.17, 15) is 4.79 Å². The minimum atomic E-state index is -0.217. The van der Waals surface area contributed by atoms with Crippen molar-refractivity contribution in [3.05, 3.63) is 35.8 Å². The maximum absolute atomic E-state index is 13.2. The standard InChI is InChI=1S/C19H24N4O3/c1-12(2)25-15-7-5-9-20-16(15)17(24)23-10-14-6-4-8-19(14,11-23)18-22-21-13(3)26-18/h5,7,9,12,14H,4,6,8,10-11H2,1-3H3/t14-,19-/m0/s1. The lowest BCUT2D eigenvalue weighted by atomic mass is 9.80. The van der Waals surface area contributed by atoms with Gasteiger partial charge in [0.1, 0.15) is 0 Å². The van der Waals surface area contributed by atoms with Crippen LogP contribution in [-0.4, -0.2) is 45.2 Å². The van der Waals surface area contributed by atoms with Crippen molar-refractivity contribution in [2.45, 2.75) is 51.6 Å². The smallest absolute Gasteiger partial charge is 0.276 e. The van der Waals surface area contributed by atoms with E-state index in [-0.39, 0.29) is 17.4 Å². The monoisotopic (exact) mass is 356 g/mol. The minimum absolute atomic E-state index is 0.0172. The molecule has 0 aromatic carbocycles. The quantitative estimate of drug-likeness (QED) is 0.838. The zero-order valence-corrected chi connectivity index (χ0v) is 15.4. The fourth-order valence-corrected chi connectivity index (χ4v) is 4.34. The third kappa shape index (κ3) is 2.75. The number of carbonyl (C=O) groups excluding carboxylic acids is 1. The zero-order chi connectivity index (χ0) is 18.3. The molecule has 0 spiro atoms. The van der Waals surface area contributed by atoms with E-state index in [1.165, 1.54) is 0 Å². The largest absolute Gasteiger partial charge is 0.489 e. The van der Waals surface area contributed by atoms with Crippen molar-refractivity contribution in [3.63, 3.8) is 0 Å². The number of amides is 1. The summed E-state index contributed by atoms with van der Waals surface area (Å²) in [6.45, 7) is 6.97. The van der Waals surface area contributed by atoms with Gasteiger partial charge in [0.15, 0.2) is 11.4 Å². The van der Waals surface area contributed by atoms with Crippen LogP contribution in [0.5, 0.6) is 5.75 Å². The predicted octanol–water partition coefficient (Wildman–Crippen LogP) is 2.75. The number of pyridine rings is 1. The molecule has 138 valence electrons. The lowest BCUT2D eigenvalue weighted by molar-refractivity contribution is 0.0763. The summed E-state index contributed by atoms with van der Waals surface area (Å²) in [5.41, 5.74) is 0.156. The van der Waals surface area contributed by atoms with Crippen LogP contribution in [0.15, 0.2) is 22.7 Å². The first-order chi connectivity index (χ1) is 12.5. The summed E-state index contributed by atoms with van der Waals surface area (Å²) in [4.78, 5) is 19.4. The van der Waals surface area contributed by atoms with Gasteiger partial charge in [-0.2, -0.15) is 0 Å². The van der Waals surface area contributed by atoms with Crippen LogP contribution >= 0.6 is 0 Å². The van der Waals surface area contributed by atoms with Gasteiger partial charge in [0.25, 0.3) is 5.91 Å². The van der Waals surface area contributed by atoms with Crippen LogP contribution in [0.4, 0.5) is 0 Å². The molecule has 0 N–H and O–H groups in total. The summed E-state index contributed by atoms with van der Waals surface area (Å²) in [6, 6.07) is 3.59. The van der Waals surface area contributed by atoms with E-state index in [0.29, 0.717) is 42.2 Å². The molecule has 1 aliphatic heterocycles. The number of rotatable bonds is 4. The second-order valence-electron chi connectivity index (χ2n) is 7.57. The Labute approximate surface area is 152 Å². The molecule has 0 bridgehead atoms. The number of fused-ring (bicyclic) bond motifs is 1. The SMILES string of the molecule is Cc1nnc([C@]23CCC[C@H]2CN(C(=O)c2ncccc2OC(C)C)C3)o1. The molecule has 2 atom stereocenters. The van der Waals surface area contributed by atoms with Gasteiger partial charge in [0, 0.05) is 26.2 Å². The van der Waals surface area contributed by atoms with Gasteiger partial charge in [-0.3, -0.25) is 4.79 Å². The maximum Gasteiger partial charge on any atom is 0.276 e. The molecular formula is C19H24N4O3. The molecule has 4 rings (SSSR count). The molecule has 1 amide bonds. The van der Waals surface area contributed by atoms with Gasteiger partial charge < -0.3 is 14.1 Å². The highest BCUT2D eigenvalue weighted by molar-refractivity contribution is 5.95. The molecule has 1 aliphatic carbocycles. The minimum Gasteiger partial charge on any atom is -0.489 e. The van der Waals surface area contributed by atoms with Crippen LogP contribution in [-0.2, 0) is 5.41 Å². The normalized spacial score (nSPS) is 24.9. The topological polar surface area (TPSA) is 81.4 Å². The van der Waals surface area contributed by atoms with Crippen molar-refractivity contribution < 1.29 is 13.9 Å². The van der Waals surface area contributed by atoms with E-state index < -0.39 is 0 Å². The van der Waals surface area contributed by atoms with Gasteiger partial charge in [-0.15, -0.1) is 10.2 Å². The lowest BCUT2D eigenvalue weighted by Crippen LogP contribution is -2.35. The number of likely N-dealkylation sites (tertiary alicyclic amines) is 1. The van der Waals surface area contributed by atoms with Crippen molar-refractivity contribution in [2.24, 2.45) is 5.92 Å².